The molecule has 0 fully saturated rings. The molecule has 154 valence electrons. The van der Waals surface area contributed by atoms with E-state index in [2.05, 4.69) is 21.8 Å². The first-order valence-electron chi connectivity index (χ1n) is 9.66. The predicted molar refractivity (Wildman–Crippen MR) is 118 cm³/mol. The van der Waals surface area contributed by atoms with Gasteiger partial charge in [0.2, 0.25) is 10.9 Å². The fourth-order valence-electron chi connectivity index (χ4n) is 3.79. The molecule has 1 N–H and O–H groups in total. The molecule has 0 bridgehead atoms. The van der Waals surface area contributed by atoms with Gasteiger partial charge in [0.25, 0.3) is 0 Å². The standard InChI is InChI=1S/C22H21N3O3S2/c1-13(2)28-20-9-6-14(10-15(20)11-23)22-24-12-21(29-22)18-5-3-4-17-16(18)7-8-19(17)25-30(26)27/h3-6,9-10,12-13,19,30H,7-8H2,1-2H3,(H,25,26,27). The lowest BCUT2D eigenvalue weighted by Crippen LogP contribution is -2.16. The molecule has 1 aromatic heterocycles. The van der Waals surface area contributed by atoms with Crippen LogP contribution in [0.5, 0.6) is 5.75 Å². The molecule has 0 radical (unpaired) electrons. The Bertz CT molecular complexity index is 1200. The van der Waals surface area contributed by atoms with Crippen molar-refractivity contribution in [2.45, 2.75) is 38.8 Å². The molecule has 1 aliphatic rings. The second-order valence-electron chi connectivity index (χ2n) is 7.37. The second kappa shape index (κ2) is 8.56. The molecule has 0 spiro atoms. The van der Waals surface area contributed by atoms with Crippen molar-refractivity contribution in [2.75, 3.05) is 0 Å². The van der Waals surface area contributed by atoms with Gasteiger partial charge in [-0.05, 0) is 61.6 Å². The Labute approximate surface area is 181 Å². The molecule has 8 heteroatoms. The molecule has 30 heavy (non-hydrogen) atoms. The molecular formula is C22H21N3O3S2. The van der Waals surface area contributed by atoms with Crippen molar-refractivity contribution in [3.05, 3.63) is 59.3 Å². The van der Waals surface area contributed by atoms with Crippen LogP contribution in [0.2, 0.25) is 0 Å². The van der Waals surface area contributed by atoms with E-state index in [0.717, 1.165) is 39.4 Å². The van der Waals surface area contributed by atoms with Gasteiger partial charge < -0.3 is 4.74 Å². The van der Waals surface area contributed by atoms with Crippen molar-refractivity contribution in [1.29, 1.82) is 5.26 Å². The largest absolute Gasteiger partial charge is 0.490 e. The zero-order valence-corrected chi connectivity index (χ0v) is 18.3. The predicted octanol–water partition coefficient (Wildman–Crippen LogP) is 4.24. The van der Waals surface area contributed by atoms with Gasteiger partial charge in [-0.3, -0.25) is 0 Å². The van der Waals surface area contributed by atoms with E-state index in [4.69, 9.17) is 4.74 Å². The maximum Gasteiger partial charge on any atom is 0.201 e. The molecule has 0 saturated carbocycles. The first kappa shape index (κ1) is 20.5. The highest BCUT2D eigenvalue weighted by Gasteiger charge is 2.26. The Morgan fingerprint density at radius 3 is 2.87 bits per heavy atom. The van der Waals surface area contributed by atoms with Gasteiger partial charge in [-0.15, -0.1) is 11.3 Å². The van der Waals surface area contributed by atoms with Gasteiger partial charge in [0.1, 0.15) is 16.8 Å². The van der Waals surface area contributed by atoms with Gasteiger partial charge in [-0.25, -0.2) is 18.1 Å². The first-order chi connectivity index (χ1) is 14.5. The van der Waals surface area contributed by atoms with Crippen LogP contribution in [-0.4, -0.2) is 19.5 Å². The summed E-state index contributed by atoms with van der Waals surface area (Å²) in [6.07, 6.45) is 3.41. The van der Waals surface area contributed by atoms with Crippen molar-refractivity contribution < 1.29 is 13.2 Å². The average Bonchev–Trinajstić information content (AvgIpc) is 3.35. The molecule has 1 heterocycles. The number of rotatable bonds is 6. The molecule has 0 amide bonds. The molecular weight excluding hydrogens is 418 g/mol. The number of aromatic nitrogens is 1. The van der Waals surface area contributed by atoms with Gasteiger partial charge in [-0.1, -0.05) is 18.2 Å². The topological polar surface area (TPSA) is 92.1 Å². The Morgan fingerprint density at radius 2 is 2.13 bits per heavy atom. The Hall–Kier alpha value is -2.73. The van der Waals surface area contributed by atoms with E-state index >= 15 is 0 Å². The Morgan fingerprint density at radius 1 is 1.30 bits per heavy atom. The number of thiol groups is 1. The van der Waals surface area contributed by atoms with Crippen LogP contribution in [-0.2, 0) is 17.3 Å². The second-order valence-corrected chi connectivity index (χ2v) is 9.17. The van der Waals surface area contributed by atoms with Gasteiger partial charge in [0.05, 0.1) is 16.5 Å². The third kappa shape index (κ3) is 4.10. The first-order valence-corrected chi connectivity index (χ1v) is 11.7. The van der Waals surface area contributed by atoms with Gasteiger partial charge >= 0.3 is 0 Å². The number of nitrogens with zero attached hydrogens (tertiary/aromatic N) is 2. The van der Waals surface area contributed by atoms with Crippen molar-refractivity contribution in [3.8, 4) is 32.8 Å². The summed E-state index contributed by atoms with van der Waals surface area (Å²) in [4.78, 5) is 5.60. The minimum Gasteiger partial charge on any atom is -0.490 e. The van der Waals surface area contributed by atoms with Crippen LogP contribution in [0.1, 0.15) is 43.0 Å². The van der Waals surface area contributed by atoms with E-state index in [1.807, 2.05) is 44.3 Å². The van der Waals surface area contributed by atoms with E-state index in [-0.39, 0.29) is 12.1 Å². The van der Waals surface area contributed by atoms with E-state index in [9.17, 15) is 13.7 Å². The molecule has 0 saturated heterocycles. The van der Waals surface area contributed by atoms with E-state index in [1.54, 1.807) is 17.4 Å². The normalized spacial score (nSPS) is 15.4. The summed E-state index contributed by atoms with van der Waals surface area (Å²) in [5.74, 6) is 0.573. The number of nitrogens with one attached hydrogen (secondary N) is 1. The van der Waals surface area contributed by atoms with Crippen LogP contribution in [0.3, 0.4) is 0 Å². The minimum absolute atomic E-state index is 0.00680. The molecule has 4 rings (SSSR count). The molecule has 6 nitrogen and oxygen atoms in total. The lowest BCUT2D eigenvalue weighted by atomic mass is 10.0. The van der Waals surface area contributed by atoms with Crippen LogP contribution in [0.4, 0.5) is 0 Å². The smallest absolute Gasteiger partial charge is 0.201 e. The number of hydrogen-bond donors (Lipinski definition) is 2. The maximum absolute atomic E-state index is 11.1. The van der Waals surface area contributed by atoms with Gasteiger partial charge in [0, 0.05) is 17.8 Å². The number of nitriles is 1. The van der Waals surface area contributed by atoms with Crippen LogP contribution in [0.25, 0.3) is 21.0 Å². The highest BCUT2D eigenvalue weighted by molar-refractivity contribution is 7.70. The highest BCUT2D eigenvalue weighted by Crippen LogP contribution is 2.41. The van der Waals surface area contributed by atoms with Crippen LogP contribution in [0.15, 0.2) is 42.6 Å². The van der Waals surface area contributed by atoms with Crippen LogP contribution < -0.4 is 9.46 Å². The van der Waals surface area contributed by atoms with E-state index in [1.165, 1.54) is 5.56 Å². The van der Waals surface area contributed by atoms with Crippen molar-refractivity contribution in [2.24, 2.45) is 0 Å². The summed E-state index contributed by atoms with van der Waals surface area (Å²) in [6.45, 7) is 3.85. The summed E-state index contributed by atoms with van der Waals surface area (Å²) >= 11 is 1.56. The zero-order chi connectivity index (χ0) is 21.3. The number of fused-ring (bicyclic) bond motifs is 1. The molecule has 3 aromatic rings. The molecule has 1 atom stereocenters. The van der Waals surface area contributed by atoms with Crippen molar-refractivity contribution >= 4 is 22.2 Å². The monoisotopic (exact) mass is 439 g/mol. The number of thiazole rings is 1. The number of hydrogen-bond acceptors (Lipinski definition) is 6. The fourth-order valence-corrected chi connectivity index (χ4v) is 5.27. The summed E-state index contributed by atoms with van der Waals surface area (Å²) < 4.78 is 30.5. The molecule has 0 aliphatic heterocycles. The molecule has 2 aromatic carbocycles. The lowest BCUT2D eigenvalue weighted by molar-refractivity contribution is 0.242. The van der Waals surface area contributed by atoms with Crippen molar-refractivity contribution in [3.63, 3.8) is 0 Å². The third-order valence-electron chi connectivity index (χ3n) is 5.01. The summed E-state index contributed by atoms with van der Waals surface area (Å²) in [5, 5.41) is 10.3. The Kier molecular flexibility index (Phi) is 5.86. The summed E-state index contributed by atoms with van der Waals surface area (Å²) in [7, 11) is -2.64. The molecule has 1 unspecified atom stereocenters. The van der Waals surface area contributed by atoms with Gasteiger partial charge in [-0.2, -0.15) is 5.26 Å². The third-order valence-corrected chi connectivity index (χ3v) is 6.61. The minimum atomic E-state index is -2.64. The number of ether oxygens (including phenoxy) is 1. The average molecular weight is 440 g/mol. The Balaban J connectivity index is 1.66. The summed E-state index contributed by atoms with van der Waals surface area (Å²) in [5.41, 5.74) is 4.64. The number of benzene rings is 2. The van der Waals surface area contributed by atoms with Crippen molar-refractivity contribution in [1.82, 2.24) is 9.71 Å². The molecule has 1 aliphatic carbocycles. The van der Waals surface area contributed by atoms with E-state index in [0.29, 0.717) is 11.3 Å². The quantitative estimate of drug-likeness (QED) is 0.561. The maximum atomic E-state index is 11.1. The zero-order valence-electron chi connectivity index (χ0n) is 16.6. The van der Waals surface area contributed by atoms with E-state index < -0.39 is 10.9 Å². The van der Waals surface area contributed by atoms with Crippen LogP contribution >= 0.6 is 11.3 Å². The highest BCUT2D eigenvalue weighted by atomic mass is 32.2. The fraction of sp³-hybridized carbons (Fsp3) is 0.273. The lowest BCUT2D eigenvalue weighted by Gasteiger charge is -2.11. The van der Waals surface area contributed by atoms with Gasteiger partial charge in [0.15, 0.2) is 0 Å². The summed E-state index contributed by atoms with van der Waals surface area (Å²) in [6, 6.07) is 13.6. The van der Waals surface area contributed by atoms with Crippen LogP contribution in [0, 0.1) is 11.3 Å². The SMILES string of the molecule is CC(C)Oc1ccc(-c2ncc(-c3cccc4c3CCC4N[SH](=O)=O)s2)cc1C#N.